The number of fused-ring (bicyclic) bond motifs is 1. The molecule has 0 aromatic heterocycles. The summed E-state index contributed by atoms with van der Waals surface area (Å²) in [5.41, 5.74) is 5.08. The Bertz CT molecular complexity index is 956. The van der Waals surface area contributed by atoms with Crippen LogP contribution in [0.4, 0.5) is 0 Å². The summed E-state index contributed by atoms with van der Waals surface area (Å²) in [5, 5.41) is 3.67. The number of rotatable bonds is 8. The van der Waals surface area contributed by atoms with Crippen molar-refractivity contribution in [3.8, 4) is 11.5 Å². The summed E-state index contributed by atoms with van der Waals surface area (Å²) in [6, 6.07) is 25.4. The summed E-state index contributed by atoms with van der Waals surface area (Å²) in [5.74, 6) is 1.85. The molecule has 30 heavy (non-hydrogen) atoms. The average molecular weight is 403 g/mol. The molecule has 4 nitrogen and oxygen atoms in total. The minimum Gasteiger partial charge on any atom is -0.492 e. The van der Waals surface area contributed by atoms with Gasteiger partial charge in [-0.1, -0.05) is 48.5 Å². The highest BCUT2D eigenvalue weighted by Gasteiger charge is 2.22. The molecule has 1 atom stereocenters. The topological polar surface area (TPSA) is 33.7 Å². The molecule has 1 heterocycles. The van der Waals surface area contributed by atoms with Crippen LogP contribution in [0.25, 0.3) is 0 Å². The second-order valence-corrected chi connectivity index (χ2v) is 8.00. The zero-order chi connectivity index (χ0) is 20.8. The summed E-state index contributed by atoms with van der Waals surface area (Å²) >= 11 is 0. The molecule has 0 radical (unpaired) electrons. The molecule has 0 saturated heterocycles. The molecule has 1 aliphatic rings. The third kappa shape index (κ3) is 5.21. The molecule has 1 N–H and O–H groups in total. The van der Waals surface area contributed by atoms with Crippen molar-refractivity contribution in [3.05, 3.63) is 95.1 Å². The lowest BCUT2D eigenvalue weighted by Gasteiger charge is -2.28. The van der Waals surface area contributed by atoms with Crippen molar-refractivity contribution in [2.75, 3.05) is 33.8 Å². The van der Waals surface area contributed by atoms with Crippen LogP contribution in [0, 0.1) is 0 Å². The maximum absolute atomic E-state index is 6.04. The first kappa shape index (κ1) is 20.5. The molecule has 3 aromatic rings. The quantitative estimate of drug-likeness (QED) is 0.604. The van der Waals surface area contributed by atoms with E-state index < -0.39 is 0 Å². The van der Waals surface area contributed by atoms with Crippen molar-refractivity contribution in [2.45, 2.75) is 19.1 Å². The van der Waals surface area contributed by atoms with Gasteiger partial charge in [0.25, 0.3) is 0 Å². The van der Waals surface area contributed by atoms with E-state index >= 15 is 0 Å². The van der Waals surface area contributed by atoms with Gasteiger partial charge < -0.3 is 19.7 Å². The summed E-state index contributed by atoms with van der Waals surface area (Å²) in [4.78, 5) is 2.13. The maximum Gasteiger partial charge on any atom is 0.120 e. The Kier molecular flexibility index (Phi) is 6.67. The normalized spacial score (nSPS) is 15.6. The lowest BCUT2D eigenvalue weighted by atomic mass is 9.89. The molecule has 0 fully saturated rings. The van der Waals surface area contributed by atoms with Gasteiger partial charge in [-0.05, 0) is 67.0 Å². The van der Waals surface area contributed by atoms with E-state index in [2.05, 4.69) is 72.8 Å². The largest absolute Gasteiger partial charge is 0.492 e. The first-order valence-electron chi connectivity index (χ1n) is 10.6. The van der Waals surface area contributed by atoms with Gasteiger partial charge in [-0.15, -0.1) is 0 Å². The van der Waals surface area contributed by atoms with Crippen molar-refractivity contribution in [1.29, 1.82) is 0 Å². The van der Waals surface area contributed by atoms with E-state index in [1.165, 1.54) is 22.3 Å². The second-order valence-electron chi connectivity index (χ2n) is 8.00. The van der Waals surface area contributed by atoms with Gasteiger partial charge in [0.2, 0.25) is 0 Å². The zero-order valence-electron chi connectivity index (χ0n) is 17.8. The van der Waals surface area contributed by atoms with Crippen LogP contribution in [0.2, 0.25) is 0 Å². The number of ether oxygens (including phenoxy) is 2. The summed E-state index contributed by atoms with van der Waals surface area (Å²) in [6.45, 7) is 3.14. The smallest absolute Gasteiger partial charge is 0.120 e. The highest BCUT2D eigenvalue weighted by molar-refractivity contribution is 5.45. The van der Waals surface area contributed by atoms with Gasteiger partial charge in [0.05, 0.1) is 6.04 Å². The summed E-state index contributed by atoms with van der Waals surface area (Å²) < 4.78 is 12.0. The third-order valence-corrected chi connectivity index (χ3v) is 5.42. The van der Waals surface area contributed by atoms with Crippen LogP contribution in [-0.4, -0.2) is 38.7 Å². The molecule has 0 saturated carbocycles. The predicted molar refractivity (Wildman–Crippen MR) is 121 cm³/mol. The van der Waals surface area contributed by atoms with Crippen LogP contribution in [0.1, 0.15) is 28.3 Å². The van der Waals surface area contributed by atoms with E-state index in [4.69, 9.17) is 9.47 Å². The molecule has 0 spiro atoms. The molecule has 0 aliphatic carbocycles. The number of benzene rings is 3. The molecular weight excluding hydrogens is 372 g/mol. The van der Waals surface area contributed by atoms with Gasteiger partial charge in [-0.3, -0.25) is 0 Å². The Balaban J connectivity index is 1.47. The van der Waals surface area contributed by atoms with E-state index in [0.29, 0.717) is 13.2 Å². The molecule has 3 aromatic carbocycles. The lowest BCUT2D eigenvalue weighted by molar-refractivity contribution is 0.261. The lowest BCUT2D eigenvalue weighted by Crippen LogP contribution is -2.30. The van der Waals surface area contributed by atoms with Crippen LogP contribution in [-0.2, 0) is 13.0 Å². The Morgan fingerprint density at radius 3 is 2.57 bits per heavy atom. The Morgan fingerprint density at radius 1 is 0.900 bits per heavy atom. The maximum atomic E-state index is 6.04. The van der Waals surface area contributed by atoms with Crippen LogP contribution in [0.15, 0.2) is 72.8 Å². The number of nitrogens with zero attached hydrogens (tertiary/aromatic N) is 1. The number of hydrogen-bond acceptors (Lipinski definition) is 4. The highest BCUT2D eigenvalue weighted by Crippen LogP contribution is 2.32. The van der Waals surface area contributed by atoms with Crippen LogP contribution < -0.4 is 14.8 Å². The standard InChI is InChI=1S/C26H30N2O2/c1-28(2)15-16-29-24-11-12-25-21(17-24)13-14-27-26(25)22-9-6-10-23(18-22)30-19-20-7-4-3-5-8-20/h3-12,17-18,26-27H,13-16,19H2,1-2H3. The monoisotopic (exact) mass is 402 g/mol. The minimum absolute atomic E-state index is 0.171. The first-order valence-corrected chi connectivity index (χ1v) is 10.6. The van der Waals surface area contributed by atoms with Gasteiger partial charge in [0.1, 0.15) is 24.7 Å². The average Bonchev–Trinajstić information content (AvgIpc) is 2.78. The van der Waals surface area contributed by atoms with E-state index in [9.17, 15) is 0 Å². The van der Waals surface area contributed by atoms with Crippen LogP contribution in [0.3, 0.4) is 0 Å². The van der Waals surface area contributed by atoms with Gasteiger partial charge >= 0.3 is 0 Å². The Hall–Kier alpha value is -2.82. The molecule has 4 rings (SSSR count). The van der Waals surface area contributed by atoms with Gasteiger partial charge in [-0.2, -0.15) is 0 Å². The summed E-state index contributed by atoms with van der Waals surface area (Å²) in [7, 11) is 4.12. The first-order chi connectivity index (χ1) is 14.7. The van der Waals surface area contributed by atoms with Crippen molar-refractivity contribution in [2.24, 2.45) is 0 Å². The van der Waals surface area contributed by atoms with E-state index in [-0.39, 0.29) is 6.04 Å². The Labute approximate surface area is 179 Å². The SMILES string of the molecule is CN(C)CCOc1ccc2c(c1)CCNC2c1cccc(OCc2ccccc2)c1. The highest BCUT2D eigenvalue weighted by atomic mass is 16.5. The Morgan fingerprint density at radius 2 is 1.73 bits per heavy atom. The van der Waals surface area contributed by atoms with E-state index in [1.807, 2.05) is 24.3 Å². The number of hydrogen-bond donors (Lipinski definition) is 1. The van der Waals surface area contributed by atoms with E-state index in [1.54, 1.807) is 0 Å². The van der Waals surface area contributed by atoms with Crippen molar-refractivity contribution in [1.82, 2.24) is 10.2 Å². The predicted octanol–water partition coefficient (Wildman–Crippen LogP) is 4.44. The molecular formula is C26H30N2O2. The number of likely N-dealkylation sites (N-methyl/N-ethyl adjacent to an activating group) is 1. The third-order valence-electron chi connectivity index (χ3n) is 5.42. The second kappa shape index (κ2) is 9.79. The van der Waals surface area contributed by atoms with Crippen molar-refractivity contribution < 1.29 is 9.47 Å². The van der Waals surface area contributed by atoms with Gasteiger partial charge in [0, 0.05) is 13.1 Å². The fourth-order valence-corrected chi connectivity index (χ4v) is 3.80. The minimum atomic E-state index is 0.171. The fraction of sp³-hybridized carbons (Fsp3) is 0.308. The van der Waals surface area contributed by atoms with Crippen LogP contribution in [0.5, 0.6) is 11.5 Å². The van der Waals surface area contributed by atoms with Crippen molar-refractivity contribution in [3.63, 3.8) is 0 Å². The fourth-order valence-electron chi connectivity index (χ4n) is 3.80. The van der Waals surface area contributed by atoms with Gasteiger partial charge in [0.15, 0.2) is 0 Å². The van der Waals surface area contributed by atoms with Crippen LogP contribution >= 0.6 is 0 Å². The molecule has 0 amide bonds. The molecule has 156 valence electrons. The molecule has 0 bridgehead atoms. The zero-order valence-corrected chi connectivity index (χ0v) is 17.8. The van der Waals surface area contributed by atoms with Crippen molar-refractivity contribution >= 4 is 0 Å². The van der Waals surface area contributed by atoms with Gasteiger partial charge in [-0.25, -0.2) is 0 Å². The van der Waals surface area contributed by atoms with E-state index in [0.717, 1.165) is 31.0 Å². The molecule has 1 aliphatic heterocycles. The molecule has 4 heteroatoms. The number of nitrogens with one attached hydrogen (secondary N) is 1. The molecule has 1 unspecified atom stereocenters. The summed E-state index contributed by atoms with van der Waals surface area (Å²) in [6.07, 6.45) is 1.01.